The number of ether oxygens (including phenoxy) is 1. The number of para-hydroxylation sites is 1. The number of amides is 3. The summed E-state index contributed by atoms with van der Waals surface area (Å²) in [6.45, 7) is -0.792. The van der Waals surface area contributed by atoms with Crippen LogP contribution in [0.3, 0.4) is 0 Å². The van der Waals surface area contributed by atoms with Gasteiger partial charge in [-0.1, -0.05) is 24.3 Å². The molecule has 2 aromatic carbocycles. The lowest BCUT2D eigenvalue weighted by molar-refractivity contribution is -0.121. The van der Waals surface area contributed by atoms with Crippen molar-refractivity contribution >= 4 is 23.4 Å². The van der Waals surface area contributed by atoms with Crippen molar-refractivity contribution in [2.24, 2.45) is 0 Å². The zero-order chi connectivity index (χ0) is 22.9. The first-order valence-corrected chi connectivity index (χ1v) is 10.3. The largest absolute Gasteiger partial charge is 0.435 e. The van der Waals surface area contributed by atoms with Crippen LogP contribution in [0.15, 0.2) is 48.5 Å². The molecule has 2 aromatic rings. The molecule has 2 aliphatic rings. The van der Waals surface area contributed by atoms with Gasteiger partial charge in [-0.2, -0.15) is 8.78 Å². The first kappa shape index (κ1) is 21.7. The molecule has 2 aliphatic heterocycles. The molecule has 9 heteroatoms. The fourth-order valence-electron chi connectivity index (χ4n) is 4.38. The van der Waals surface area contributed by atoms with Gasteiger partial charge < -0.3 is 15.0 Å². The SMILES string of the molecule is CC12CCC(=O)N1c1ccccc1C(=O)N2CCC(=O)NCc1cccc(OC(F)F)c1. The van der Waals surface area contributed by atoms with Crippen LogP contribution in [-0.4, -0.2) is 41.4 Å². The Kier molecular flexibility index (Phi) is 5.82. The summed E-state index contributed by atoms with van der Waals surface area (Å²) in [5, 5.41) is 2.73. The predicted octanol–water partition coefficient (Wildman–Crippen LogP) is 3.29. The minimum absolute atomic E-state index is 0.0169. The molecule has 0 aliphatic carbocycles. The van der Waals surface area contributed by atoms with Crippen molar-refractivity contribution in [1.29, 1.82) is 0 Å². The van der Waals surface area contributed by atoms with Crippen LogP contribution >= 0.6 is 0 Å². The average Bonchev–Trinajstić information content (AvgIpc) is 3.07. The first-order valence-electron chi connectivity index (χ1n) is 10.3. The molecule has 1 atom stereocenters. The second kappa shape index (κ2) is 8.57. The maximum absolute atomic E-state index is 13.2. The van der Waals surface area contributed by atoms with E-state index in [1.54, 1.807) is 46.2 Å². The molecule has 0 saturated carbocycles. The Labute approximate surface area is 183 Å². The minimum Gasteiger partial charge on any atom is -0.435 e. The van der Waals surface area contributed by atoms with E-state index in [1.165, 1.54) is 12.1 Å². The second-order valence-corrected chi connectivity index (χ2v) is 7.97. The number of carbonyl (C=O) groups is 3. The van der Waals surface area contributed by atoms with Crippen LogP contribution in [0.4, 0.5) is 14.5 Å². The lowest BCUT2D eigenvalue weighted by atomic mass is 9.98. The lowest BCUT2D eigenvalue weighted by Gasteiger charge is -2.48. The van der Waals surface area contributed by atoms with E-state index >= 15 is 0 Å². The van der Waals surface area contributed by atoms with Crippen LogP contribution in [0.2, 0.25) is 0 Å². The van der Waals surface area contributed by atoms with Gasteiger partial charge in [0.15, 0.2) is 0 Å². The first-order chi connectivity index (χ1) is 15.3. The van der Waals surface area contributed by atoms with E-state index < -0.39 is 12.3 Å². The number of hydrogen-bond donors (Lipinski definition) is 1. The lowest BCUT2D eigenvalue weighted by Crippen LogP contribution is -2.62. The van der Waals surface area contributed by atoms with Gasteiger partial charge in [0.25, 0.3) is 5.91 Å². The van der Waals surface area contributed by atoms with Gasteiger partial charge >= 0.3 is 6.61 Å². The summed E-state index contributed by atoms with van der Waals surface area (Å²) in [5.41, 5.74) is 0.841. The van der Waals surface area contributed by atoms with Crippen LogP contribution in [0, 0.1) is 0 Å². The number of carbonyl (C=O) groups excluding carboxylic acids is 3. The van der Waals surface area contributed by atoms with Gasteiger partial charge in [0.2, 0.25) is 11.8 Å². The van der Waals surface area contributed by atoms with Crippen molar-refractivity contribution < 1.29 is 27.9 Å². The van der Waals surface area contributed by atoms with Crippen LogP contribution in [0.25, 0.3) is 0 Å². The Bertz CT molecular complexity index is 1060. The van der Waals surface area contributed by atoms with Crippen molar-refractivity contribution in [1.82, 2.24) is 10.2 Å². The van der Waals surface area contributed by atoms with Crippen LogP contribution in [0.1, 0.15) is 42.1 Å². The Morgan fingerprint density at radius 1 is 1.19 bits per heavy atom. The van der Waals surface area contributed by atoms with E-state index in [4.69, 9.17) is 0 Å². The number of halogens is 2. The van der Waals surface area contributed by atoms with Crippen molar-refractivity contribution in [3.8, 4) is 5.75 Å². The Balaban J connectivity index is 1.42. The summed E-state index contributed by atoms with van der Waals surface area (Å²) in [5.74, 6) is -0.536. The number of benzene rings is 2. The molecule has 1 fully saturated rings. The van der Waals surface area contributed by atoms with Crippen LogP contribution in [-0.2, 0) is 16.1 Å². The molecular weight excluding hydrogens is 420 g/mol. The van der Waals surface area contributed by atoms with E-state index in [1.807, 2.05) is 6.92 Å². The van der Waals surface area contributed by atoms with Gasteiger partial charge in [-0.05, 0) is 43.2 Å². The Morgan fingerprint density at radius 3 is 2.75 bits per heavy atom. The zero-order valence-corrected chi connectivity index (χ0v) is 17.5. The van der Waals surface area contributed by atoms with Crippen LogP contribution in [0.5, 0.6) is 5.75 Å². The highest BCUT2D eigenvalue weighted by atomic mass is 19.3. The van der Waals surface area contributed by atoms with Gasteiger partial charge in [-0.15, -0.1) is 0 Å². The third kappa shape index (κ3) is 4.02. The summed E-state index contributed by atoms with van der Waals surface area (Å²) in [6.07, 6.45) is 0.862. The zero-order valence-electron chi connectivity index (χ0n) is 17.5. The molecule has 0 radical (unpaired) electrons. The van der Waals surface area contributed by atoms with Gasteiger partial charge in [-0.3, -0.25) is 19.3 Å². The number of rotatable bonds is 7. The summed E-state index contributed by atoms with van der Waals surface area (Å²) in [6, 6.07) is 13.1. The Morgan fingerprint density at radius 2 is 1.97 bits per heavy atom. The van der Waals surface area contributed by atoms with Crippen molar-refractivity contribution in [3.05, 3.63) is 59.7 Å². The van der Waals surface area contributed by atoms with E-state index in [2.05, 4.69) is 10.1 Å². The molecule has 7 nitrogen and oxygen atoms in total. The minimum atomic E-state index is -2.92. The molecule has 2 heterocycles. The number of fused-ring (bicyclic) bond motifs is 3. The monoisotopic (exact) mass is 443 g/mol. The second-order valence-electron chi connectivity index (χ2n) is 7.97. The maximum Gasteiger partial charge on any atom is 0.387 e. The quantitative estimate of drug-likeness (QED) is 0.712. The average molecular weight is 443 g/mol. The predicted molar refractivity (Wildman–Crippen MR) is 112 cm³/mol. The van der Waals surface area contributed by atoms with Crippen molar-refractivity contribution in [3.63, 3.8) is 0 Å². The van der Waals surface area contributed by atoms with Gasteiger partial charge in [0.1, 0.15) is 11.4 Å². The summed E-state index contributed by atoms with van der Waals surface area (Å²) >= 11 is 0. The number of anilines is 1. The molecule has 0 bridgehead atoms. The number of nitrogens with zero attached hydrogens (tertiary/aromatic N) is 2. The molecule has 1 saturated heterocycles. The smallest absolute Gasteiger partial charge is 0.387 e. The van der Waals surface area contributed by atoms with Crippen LogP contribution < -0.4 is 15.0 Å². The third-order valence-electron chi connectivity index (χ3n) is 5.92. The summed E-state index contributed by atoms with van der Waals surface area (Å²) in [4.78, 5) is 41.5. The molecule has 0 aromatic heterocycles. The molecule has 32 heavy (non-hydrogen) atoms. The van der Waals surface area contributed by atoms with Gasteiger partial charge in [0.05, 0.1) is 11.3 Å². The molecule has 0 spiro atoms. The molecular formula is C23H23F2N3O4. The standard InChI is InChI=1S/C23H23F2N3O4/c1-23-11-9-20(30)28(23)18-8-3-2-7-17(18)21(31)27(23)12-10-19(29)26-14-15-5-4-6-16(13-15)32-22(24)25/h2-8,13,22H,9-12,14H2,1H3,(H,26,29). The molecule has 3 amide bonds. The summed E-state index contributed by atoms with van der Waals surface area (Å²) < 4.78 is 29.1. The number of hydrogen-bond acceptors (Lipinski definition) is 4. The Hall–Kier alpha value is -3.49. The molecule has 4 rings (SSSR count). The topological polar surface area (TPSA) is 79.0 Å². The van der Waals surface area contributed by atoms with Gasteiger partial charge in [-0.25, -0.2) is 0 Å². The number of nitrogens with one attached hydrogen (secondary N) is 1. The van der Waals surface area contributed by atoms with E-state index in [-0.39, 0.29) is 43.0 Å². The molecule has 168 valence electrons. The van der Waals surface area contributed by atoms with E-state index in [0.717, 1.165) is 0 Å². The highest BCUT2D eigenvalue weighted by Crippen LogP contribution is 2.43. The van der Waals surface area contributed by atoms with Crippen molar-refractivity contribution in [2.45, 2.75) is 45.0 Å². The normalized spacial score (nSPS) is 19.8. The van der Waals surface area contributed by atoms with Gasteiger partial charge in [0, 0.05) is 25.9 Å². The van der Waals surface area contributed by atoms with E-state index in [9.17, 15) is 23.2 Å². The number of alkyl halides is 2. The highest BCUT2D eigenvalue weighted by Gasteiger charge is 2.52. The summed E-state index contributed by atoms with van der Waals surface area (Å²) in [7, 11) is 0. The van der Waals surface area contributed by atoms with Crippen molar-refractivity contribution in [2.75, 3.05) is 11.4 Å². The fourth-order valence-corrected chi connectivity index (χ4v) is 4.38. The molecule has 1 N–H and O–H groups in total. The maximum atomic E-state index is 13.2. The highest BCUT2D eigenvalue weighted by molar-refractivity contribution is 6.10. The fraction of sp³-hybridized carbons (Fsp3) is 0.348. The molecule has 1 unspecified atom stereocenters. The third-order valence-corrected chi connectivity index (χ3v) is 5.92. The van der Waals surface area contributed by atoms with E-state index in [0.29, 0.717) is 29.7 Å².